The first-order valence-corrected chi connectivity index (χ1v) is 9.38. The molecule has 0 bridgehead atoms. The van der Waals surface area contributed by atoms with E-state index in [9.17, 15) is 9.59 Å². The molecule has 0 spiro atoms. The number of amides is 2. The van der Waals surface area contributed by atoms with E-state index < -0.39 is 0 Å². The minimum Gasteiger partial charge on any atom is -0.338 e. The third-order valence-electron chi connectivity index (χ3n) is 5.69. The molecule has 8 nitrogen and oxygen atoms in total. The first-order chi connectivity index (χ1) is 13.5. The van der Waals surface area contributed by atoms with Crippen LogP contribution in [0.15, 0.2) is 43.1 Å². The van der Waals surface area contributed by atoms with E-state index in [2.05, 4.69) is 19.9 Å². The fraction of sp³-hybridized carbons (Fsp3) is 0.450. The topological polar surface area (TPSA) is 82.5 Å². The van der Waals surface area contributed by atoms with Crippen molar-refractivity contribution in [1.82, 2.24) is 29.7 Å². The summed E-state index contributed by atoms with van der Waals surface area (Å²) in [5, 5.41) is 0. The lowest BCUT2D eigenvalue weighted by molar-refractivity contribution is 0.0698. The van der Waals surface area contributed by atoms with Crippen LogP contribution in [-0.2, 0) is 0 Å². The van der Waals surface area contributed by atoms with Crippen LogP contribution in [0.4, 0.5) is 0 Å². The van der Waals surface area contributed by atoms with Crippen LogP contribution >= 0.6 is 0 Å². The van der Waals surface area contributed by atoms with Gasteiger partial charge >= 0.3 is 0 Å². The Balaban J connectivity index is 1.54. The second kappa shape index (κ2) is 7.27. The van der Waals surface area contributed by atoms with E-state index in [1.165, 1.54) is 6.33 Å². The molecule has 0 saturated carbocycles. The number of likely N-dealkylation sites (tertiary alicyclic amines) is 2. The Morgan fingerprint density at radius 1 is 1.04 bits per heavy atom. The number of aromatic nitrogens is 3. The Labute approximate surface area is 164 Å². The summed E-state index contributed by atoms with van der Waals surface area (Å²) in [4.78, 5) is 43.7. The molecule has 2 saturated heterocycles. The molecule has 0 N–H and O–H groups in total. The van der Waals surface area contributed by atoms with Crippen molar-refractivity contribution in [1.29, 1.82) is 0 Å². The number of fused-ring (bicyclic) bond motifs is 1. The zero-order valence-corrected chi connectivity index (χ0v) is 16.2. The summed E-state index contributed by atoms with van der Waals surface area (Å²) in [6, 6.07) is 5.15. The number of hydrogen-bond donors (Lipinski definition) is 0. The zero-order chi connectivity index (χ0) is 19.7. The van der Waals surface area contributed by atoms with Gasteiger partial charge in [0.05, 0.1) is 0 Å². The Hall–Kier alpha value is -2.87. The van der Waals surface area contributed by atoms with Gasteiger partial charge in [0.2, 0.25) is 0 Å². The van der Waals surface area contributed by atoms with Crippen LogP contribution in [0.2, 0.25) is 0 Å². The quantitative estimate of drug-likeness (QED) is 0.775. The smallest absolute Gasteiger partial charge is 0.272 e. The van der Waals surface area contributed by atoms with Crippen molar-refractivity contribution in [3.63, 3.8) is 0 Å². The molecule has 146 valence electrons. The summed E-state index contributed by atoms with van der Waals surface area (Å²) < 4.78 is 0. The minimum absolute atomic E-state index is 0.0311. The average molecular weight is 380 g/mol. The monoisotopic (exact) mass is 380 g/mol. The third kappa shape index (κ3) is 3.35. The maximum atomic E-state index is 12.9. The fourth-order valence-corrected chi connectivity index (χ4v) is 4.60. The van der Waals surface area contributed by atoms with Crippen LogP contribution in [0, 0.1) is 11.3 Å². The molecule has 2 aromatic rings. The van der Waals surface area contributed by atoms with Crippen molar-refractivity contribution in [2.24, 2.45) is 11.3 Å². The lowest BCUT2D eigenvalue weighted by Gasteiger charge is -2.32. The standard InChI is InChI=1S/C20H24N6O2/c1-24(2)11-20-12-25(18(27)15-3-6-21-7-4-15)9-16(20)10-26(13-20)19(28)17-5-8-22-14-23-17/h3-8,14,16H,9-13H2,1-2H3/t16-,20+/m1/s1. The van der Waals surface area contributed by atoms with E-state index in [1.54, 1.807) is 36.8 Å². The maximum absolute atomic E-state index is 12.9. The van der Waals surface area contributed by atoms with Crippen LogP contribution in [0.1, 0.15) is 20.8 Å². The van der Waals surface area contributed by atoms with E-state index in [0.29, 0.717) is 37.4 Å². The predicted molar refractivity (Wildman–Crippen MR) is 103 cm³/mol. The molecule has 2 aliphatic rings. The molecule has 2 aliphatic heterocycles. The molecule has 2 fully saturated rings. The number of carbonyl (C=O) groups excluding carboxylic acids is 2. The van der Waals surface area contributed by atoms with Gasteiger partial charge in [-0.3, -0.25) is 14.6 Å². The second-order valence-electron chi connectivity index (χ2n) is 8.00. The SMILES string of the molecule is CN(C)C[C@@]12CN(C(=O)c3ccncc3)C[C@@H]1CN(C(=O)c1ccncn1)C2. The molecule has 2 aromatic heterocycles. The number of rotatable bonds is 4. The van der Waals surface area contributed by atoms with Crippen molar-refractivity contribution in [2.45, 2.75) is 0 Å². The van der Waals surface area contributed by atoms with Crippen LogP contribution in [0.25, 0.3) is 0 Å². The molecule has 8 heteroatoms. The Morgan fingerprint density at radius 3 is 2.29 bits per heavy atom. The number of nitrogens with zero attached hydrogens (tertiary/aromatic N) is 6. The van der Waals surface area contributed by atoms with Gasteiger partial charge in [-0.15, -0.1) is 0 Å². The first-order valence-electron chi connectivity index (χ1n) is 9.38. The maximum Gasteiger partial charge on any atom is 0.272 e. The molecule has 0 unspecified atom stereocenters. The van der Waals surface area contributed by atoms with E-state index in [4.69, 9.17) is 0 Å². The van der Waals surface area contributed by atoms with Gasteiger partial charge in [-0.2, -0.15) is 0 Å². The summed E-state index contributed by atoms with van der Waals surface area (Å²) >= 11 is 0. The van der Waals surface area contributed by atoms with Crippen molar-refractivity contribution in [2.75, 3.05) is 46.8 Å². The highest BCUT2D eigenvalue weighted by molar-refractivity contribution is 5.94. The number of pyridine rings is 1. The van der Waals surface area contributed by atoms with Gasteiger partial charge in [0, 0.05) is 68.2 Å². The first kappa shape index (κ1) is 18.5. The van der Waals surface area contributed by atoms with Crippen molar-refractivity contribution in [3.8, 4) is 0 Å². The second-order valence-corrected chi connectivity index (χ2v) is 8.00. The molecule has 0 aliphatic carbocycles. The highest BCUT2D eigenvalue weighted by Crippen LogP contribution is 2.43. The van der Waals surface area contributed by atoms with Gasteiger partial charge in [-0.05, 0) is 32.3 Å². The Morgan fingerprint density at radius 2 is 1.68 bits per heavy atom. The fourth-order valence-electron chi connectivity index (χ4n) is 4.60. The van der Waals surface area contributed by atoms with Crippen LogP contribution in [0.3, 0.4) is 0 Å². The van der Waals surface area contributed by atoms with Gasteiger partial charge in [0.15, 0.2) is 0 Å². The average Bonchev–Trinajstić information content (AvgIpc) is 3.21. The summed E-state index contributed by atoms with van der Waals surface area (Å²) in [6.45, 7) is 3.38. The lowest BCUT2D eigenvalue weighted by Crippen LogP contribution is -2.43. The van der Waals surface area contributed by atoms with Crippen molar-refractivity contribution < 1.29 is 9.59 Å². The highest BCUT2D eigenvalue weighted by atomic mass is 16.2. The molecule has 28 heavy (non-hydrogen) atoms. The van der Waals surface area contributed by atoms with E-state index in [1.807, 2.05) is 23.9 Å². The predicted octanol–water partition coefficient (Wildman–Crippen LogP) is 0.648. The zero-order valence-electron chi connectivity index (χ0n) is 16.2. The summed E-state index contributed by atoms with van der Waals surface area (Å²) in [7, 11) is 4.07. The van der Waals surface area contributed by atoms with Crippen LogP contribution in [-0.4, -0.2) is 88.3 Å². The van der Waals surface area contributed by atoms with Crippen molar-refractivity contribution >= 4 is 11.8 Å². The summed E-state index contributed by atoms with van der Waals surface area (Å²) in [5.74, 6) is 0.206. The van der Waals surface area contributed by atoms with E-state index in [-0.39, 0.29) is 23.1 Å². The number of hydrogen-bond acceptors (Lipinski definition) is 6. The summed E-state index contributed by atoms with van der Waals surface area (Å²) in [6.07, 6.45) is 6.26. The molecule has 2 atom stereocenters. The molecule has 2 amide bonds. The van der Waals surface area contributed by atoms with Gasteiger partial charge < -0.3 is 14.7 Å². The molecule has 0 aromatic carbocycles. The third-order valence-corrected chi connectivity index (χ3v) is 5.69. The normalized spacial score (nSPS) is 23.9. The van der Waals surface area contributed by atoms with Gasteiger partial charge in [0.25, 0.3) is 11.8 Å². The summed E-state index contributed by atoms with van der Waals surface area (Å²) in [5.41, 5.74) is 0.943. The lowest BCUT2D eigenvalue weighted by atomic mass is 9.80. The molecular weight excluding hydrogens is 356 g/mol. The number of carbonyl (C=O) groups is 2. The largest absolute Gasteiger partial charge is 0.338 e. The molecular formula is C20H24N6O2. The molecule has 4 rings (SSSR count). The Kier molecular flexibility index (Phi) is 4.80. The highest BCUT2D eigenvalue weighted by Gasteiger charge is 2.54. The van der Waals surface area contributed by atoms with Crippen LogP contribution < -0.4 is 0 Å². The van der Waals surface area contributed by atoms with Crippen molar-refractivity contribution in [3.05, 3.63) is 54.4 Å². The van der Waals surface area contributed by atoms with Crippen LogP contribution in [0.5, 0.6) is 0 Å². The van der Waals surface area contributed by atoms with Gasteiger partial charge in [0.1, 0.15) is 12.0 Å². The van der Waals surface area contributed by atoms with Gasteiger partial charge in [-0.25, -0.2) is 9.97 Å². The van der Waals surface area contributed by atoms with E-state index >= 15 is 0 Å². The minimum atomic E-state index is -0.130. The van der Waals surface area contributed by atoms with Gasteiger partial charge in [-0.1, -0.05) is 0 Å². The molecule has 4 heterocycles. The Bertz CT molecular complexity index is 794. The van der Waals surface area contributed by atoms with E-state index in [0.717, 1.165) is 6.54 Å². The molecule has 0 radical (unpaired) electrons.